The molecular formula is C25H23N7O. The van der Waals surface area contributed by atoms with Crippen LogP contribution < -0.4 is 10.1 Å². The van der Waals surface area contributed by atoms with E-state index >= 15 is 0 Å². The number of aryl methyl sites for hydroxylation is 3. The highest BCUT2D eigenvalue weighted by molar-refractivity contribution is 5.82. The number of anilines is 2. The van der Waals surface area contributed by atoms with Crippen LogP contribution in [0.4, 0.5) is 11.9 Å². The third-order valence-electron chi connectivity index (χ3n) is 5.43. The lowest BCUT2D eigenvalue weighted by molar-refractivity contribution is 0.414. The lowest BCUT2D eigenvalue weighted by atomic mass is 10.1. The van der Waals surface area contributed by atoms with E-state index in [1.165, 1.54) is 5.56 Å². The summed E-state index contributed by atoms with van der Waals surface area (Å²) >= 11 is 0. The average molecular weight is 438 g/mol. The van der Waals surface area contributed by atoms with E-state index < -0.39 is 0 Å². The van der Waals surface area contributed by atoms with E-state index in [0.29, 0.717) is 11.9 Å². The summed E-state index contributed by atoms with van der Waals surface area (Å²) in [6, 6.07) is 15.7. The van der Waals surface area contributed by atoms with Gasteiger partial charge in [-0.1, -0.05) is 11.6 Å². The van der Waals surface area contributed by atoms with Crippen LogP contribution in [-0.2, 0) is 0 Å². The Kier molecular flexibility index (Phi) is 5.18. The van der Waals surface area contributed by atoms with Gasteiger partial charge in [0.2, 0.25) is 11.9 Å². The van der Waals surface area contributed by atoms with Crippen molar-refractivity contribution in [2.45, 2.75) is 20.8 Å². The van der Waals surface area contributed by atoms with Crippen LogP contribution in [0.25, 0.3) is 27.8 Å². The highest BCUT2D eigenvalue weighted by Crippen LogP contribution is 2.25. The predicted octanol–water partition coefficient (Wildman–Crippen LogP) is 4.95. The minimum absolute atomic E-state index is 0.426. The molecule has 0 aliphatic rings. The summed E-state index contributed by atoms with van der Waals surface area (Å²) in [4.78, 5) is 18.2. The Labute approximate surface area is 191 Å². The lowest BCUT2D eigenvalue weighted by Crippen LogP contribution is -2.03. The SMILES string of the molecule is COc1ccc(-n2cc(-c3ccnc(Nc4nc(C)c5cc(C)ccc5n4)n3)c(C)n2)cc1. The molecule has 2 aromatic carbocycles. The Bertz CT molecular complexity index is 1460. The summed E-state index contributed by atoms with van der Waals surface area (Å²) in [5, 5.41) is 8.84. The molecule has 8 nitrogen and oxygen atoms in total. The number of ether oxygens (including phenoxy) is 1. The van der Waals surface area contributed by atoms with E-state index in [9.17, 15) is 0 Å². The largest absolute Gasteiger partial charge is 0.497 e. The van der Waals surface area contributed by atoms with Gasteiger partial charge < -0.3 is 4.74 Å². The van der Waals surface area contributed by atoms with Gasteiger partial charge in [0, 0.05) is 23.3 Å². The summed E-state index contributed by atoms with van der Waals surface area (Å²) in [5.41, 5.74) is 6.44. The van der Waals surface area contributed by atoms with E-state index in [-0.39, 0.29) is 0 Å². The first-order valence-electron chi connectivity index (χ1n) is 10.6. The van der Waals surface area contributed by atoms with Gasteiger partial charge in [0.25, 0.3) is 0 Å². The number of nitrogens with zero attached hydrogens (tertiary/aromatic N) is 6. The molecular weight excluding hydrogens is 414 g/mol. The van der Waals surface area contributed by atoms with Gasteiger partial charge in [-0.2, -0.15) is 5.10 Å². The number of rotatable bonds is 5. The van der Waals surface area contributed by atoms with Crippen molar-refractivity contribution < 1.29 is 4.74 Å². The smallest absolute Gasteiger partial charge is 0.230 e. The third kappa shape index (κ3) is 4.10. The number of fused-ring (bicyclic) bond motifs is 1. The van der Waals surface area contributed by atoms with Gasteiger partial charge in [-0.25, -0.2) is 24.6 Å². The molecule has 0 saturated carbocycles. The number of hydrogen-bond donors (Lipinski definition) is 1. The minimum atomic E-state index is 0.426. The Morgan fingerprint density at radius 3 is 2.45 bits per heavy atom. The second-order valence-corrected chi connectivity index (χ2v) is 7.81. The highest BCUT2D eigenvalue weighted by atomic mass is 16.5. The molecule has 0 radical (unpaired) electrons. The summed E-state index contributed by atoms with van der Waals surface area (Å²) < 4.78 is 7.07. The molecule has 0 bridgehead atoms. The number of methoxy groups -OCH3 is 1. The van der Waals surface area contributed by atoms with Gasteiger partial charge in [-0.05, 0) is 63.2 Å². The number of hydrogen-bond acceptors (Lipinski definition) is 7. The van der Waals surface area contributed by atoms with Gasteiger partial charge in [-0.3, -0.25) is 5.32 Å². The van der Waals surface area contributed by atoms with E-state index in [4.69, 9.17) is 4.74 Å². The second-order valence-electron chi connectivity index (χ2n) is 7.81. The van der Waals surface area contributed by atoms with Crippen LogP contribution in [0.15, 0.2) is 60.9 Å². The average Bonchev–Trinajstić information content (AvgIpc) is 3.21. The highest BCUT2D eigenvalue weighted by Gasteiger charge is 2.12. The quantitative estimate of drug-likeness (QED) is 0.416. The zero-order valence-corrected chi connectivity index (χ0v) is 18.9. The van der Waals surface area contributed by atoms with Crippen molar-refractivity contribution in [1.29, 1.82) is 0 Å². The summed E-state index contributed by atoms with van der Waals surface area (Å²) in [6.45, 7) is 5.99. The molecule has 164 valence electrons. The first kappa shape index (κ1) is 20.6. The molecule has 0 spiro atoms. The van der Waals surface area contributed by atoms with Crippen molar-refractivity contribution in [2.75, 3.05) is 12.4 Å². The molecule has 0 aliphatic carbocycles. The Hall–Kier alpha value is -4.33. The number of aromatic nitrogens is 6. The van der Waals surface area contributed by atoms with E-state index in [2.05, 4.69) is 43.3 Å². The van der Waals surface area contributed by atoms with Crippen molar-refractivity contribution in [1.82, 2.24) is 29.7 Å². The number of nitrogens with one attached hydrogen (secondary N) is 1. The fraction of sp³-hybridized carbons (Fsp3) is 0.160. The van der Waals surface area contributed by atoms with Crippen molar-refractivity contribution >= 4 is 22.8 Å². The van der Waals surface area contributed by atoms with Gasteiger partial charge in [0.1, 0.15) is 5.75 Å². The maximum absolute atomic E-state index is 5.24. The minimum Gasteiger partial charge on any atom is -0.497 e. The van der Waals surface area contributed by atoms with Crippen LogP contribution in [-0.4, -0.2) is 36.8 Å². The fourth-order valence-corrected chi connectivity index (χ4v) is 3.70. The zero-order chi connectivity index (χ0) is 22.9. The van der Waals surface area contributed by atoms with Gasteiger partial charge in [0.15, 0.2) is 0 Å². The predicted molar refractivity (Wildman–Crippen MR) is 128 cm³/mol. The topological polar surface area (TPSA) is 90.6 Å². The van der Waals surface area contributed by atoms with Crippen LogP contribution in [0.2, 0.25) is 0 Å². The van der Waals surface area contributed by atoms with Crippen LogP contribution >= 0.6 is 0 Å². The molecule has 0 saturated heterocycles. The van der Waals surface area contributed by atoms with E-state index in [1.807, 2.05) is 67.2 Å². The van der Waals surface area contributed by atoms with Crippen molar-refractivity contribution in [3.8, 4) is 22.7 Å². The Morgan fingerprint density at radius 1 is 0.848 bits per heavy atom. The van der Waals surface area contributed by atoms with Crippen molar-refractivity contribution in [3.05, 3.63) is 77.9 Å². The third-order valence-corrected chi connectivity index (χ3v) is 5.43. The Balaban J connectivity index is 1.44. The zero-order valence-electron chi connectivity index (χ0n) is 18.9. The molecule has 8 heteroatoms. The van der Waals surface area contributed by atoms with Crippen LogP contribution in [0.5, 0.6) is 5.75 Å². The normalized spacial score (nSPS) is 11.0. The fourth-order valence-electron chi connectivity index (χ4n) is 3.70. The lowest BCUT2D eigenvalue weighted by Gasteiger charge is -2.08. The molecule has 5 rings (SSSR count). The van der Waals surface area contributed by atoms with Crippen molar-refractivity contribution in [3.63, 3.8) is 0 Å². The van der Waals surface area contributed by atoms with Gasteiger partial charge in [0.05, 0.1) is 35.4 Å². The van der Waals surface area contributed by atoms with Crippen LogP contribution in [0, 0.1) is 20.8 Å². The van der Waals surface area contributed by atoms with E-state index in [0.717, 1.165) is 45.0 Å². The maximum Gasteiger partial charge on any atom is 0.230 e. The maximum atomic E-state index is 5.24. The van der Waals surface area contributed by atoms with Crippen LogP contribution in [0.1, 0.15) is 17.0 Å². The Morgan fingerprint density at radius 2 is 1.67 bits per heavy atom. The standard InChI is InChI=1S/C25H23N7O/c1-15-5-10-22-20(13-15)16(2)27-25(29-22)30-24-26-12-11-23(28-24)21-14-32(31-17(21)3)18-6-8-19(33-4)9-7-18/h5-14H,1-4H3,(H,26,27,28,29,30). The molecule has 0 unspecified atom stereocenters. The summed E-state index contributed by atoms with van der Waals surface area (Å²) in [6.07, 6.45) is 3.67. The summed E-state index contributed by atoms with van der Waals surface area (Å²) in [5.74, 6) is 1.69. The monoisotopic (exact) mass is 437 g/mol. The number of benzene rings is 2. The molecule has 1 N–H and O–H groups in total. The molecule has 0 aliphatic heterocycles. The van der Waals surface area contributed by atoms with Crippen molar-refractivity contribution in [2.24, 2.45) is 0 Å². The molecule has 0 amide bonds. The molecule has 3 heterocycles. The summed E-state index contributed by atoms with van der Waals surface area (Å²) in [7, 11) is 1.65. The first-order valence-corrected chi connectivity index (χ1v) is 10.6. The molecule has 5 aromatic rings. The molecule has 0 atom stereocenters. The second kappa shape index (κ2) is 8.31. The van der Waals surface area contributed by atoms with Gasteiger partial charge >= 0.3 is 0 Å². The van der Waals surface area contributed by atoms with Gasteiger partial charge in [-0.15, -0.1) is 0 Å². The molecule has 3 aromatic heterocycles. The molecule has 0 fully saturated rings. The van der Waals surface area contributed by atoms with E-state index in [1.54, 1.807) is 13.3 Å². The first-order chi connectivity index (χ1) is 16.0. The molecule has 33 heavy (non-hydrogen) atoms. The van der Waals surface area contributed by atoms with Crippen LogP contribution in [0.3, 0.4) is 0 Å².